The molecule has 2 heterocycles. The largest absolute Gasteiger partial charge is 0.311 e. The highest BCUT2D eigenvalue weighted by atomic mass is 15.1. The summed E-state index contributed by atoms with van der Waals surface area (Å²) >= 11 is 0. The Balaban J connectivity index is 0.524. The van der Waals surface area contributed by atoms with Crippen LogP contribution in [0.1, 0.15) is 0 Å². The monoisotopic (exact) mass is 1680 g/mol. The lowest BCUT2D eigenvalue weighted by molar-refractivity contribution is 1.18. The van der Waals surface area contributed by atoms with Crippen molar-refractivity contribution in [2.24, 2.45) is 0 Å². The molecule has 0 amide bonds. The predicted octanol–water partition coefficient (Wildman–Crippen LogP) is 35.5. The van der Waals surface area contributed by atoms with Gasteiger partial charge in [-0.2, -0.15) is 0 Å². The normalized spacial score (nSPS) is 11.5. The highest BCUT2D eigenvalue weighted by molar-refractivity contribution is 6.12. The molecule has 0 saturated carbocycles. The molecule has 0 saturated heterocycles. The van der Waals surface area contributed by atoms with E-state index in [1.54, 1.807) is 0 Å². The molecule has 0 N–H and O–H groups in total. The van der Waals surface area contributed by atoms with Crippen molar-refractivity contribution in [2.75, 3.05) is 9.80 Å². The minimum atomic E-state index is 1.05. The summed E-state index contributed by atoms with van der Waals surface area (Å²) in [7, 11) is 0. The molecular formula is C128H86N4. The average Bonchev–Trinajstić information content (AvgIpc) is 1.58. The SMILES string of the molecule is c1ccc(-c2cccc(-c3cccc(N(c4ccc(-c5cccc(-c6ccc7ccccc7c6)c5)cc4)c4ccc(-c5ccccc5-n5c6ccccc6c6ccc(-c7ccc8cc(-c9cccc(-c%10ccc(N(c%11ccc(-c%12ccccc%12-c%12ccccc%12)cc%11)c%11ccc(-c%12ccccc%12-n%12c%13ccccc%13c%13ccccc%13%12)cc%11)cc%10)c9)ccc8c7)cc65)cc4)c3)c2)cc1. The van der Waals surface area contributed by atoms with Crippen LogP contribution in [0, 0.1) is 0 Å². The van der Waals surface area contributed by atoms with Gasteiger partial charge in [-0.05, 0) is 278 Å². The van der Waals surface area contributed by atoms with Crippen LogP contribution < -0.4 is 9.80 Å². The number of hydrogen-bond acceptors (Lipinski definition) is 2. The molecule has 132 heavy (non-hydrogen) atoms. The van der Waals surface area contributed by atoms with Crippen LogP contribution in [0.15, 0.2) is 522 Å². The summed E-state index contributed by atoms with van der Waals surface area (Å²) in [5, 5.41) is 9.75. The summed E-state index contributed by atoms with van der Waals surface area (Å²) in [6.07, 6.45) is 0. The van der Waals surface area contributed by atoms with Crippen molar-refractivity contribution in [1.82, 2.24) is 9.13 Å². The van der Waals surface area contributed by atoms with Crippen molar-refractivity contribution >= 4 is 99.3 Å². The molecule has 0 unspecified atom stereocenters. The van der Waals surface area contributed by atoms with Gasteiger partial charge in [0.25, 0.3) is 0 Å². The van der Waals surface area contributed by atoms with Crippen LogP contribution in [0.4, 0.5) is 34.1 Å². The Bertz CT molecular complexity index is 8420. The third-order valence-electron chi connectivity index (χ3n) is 26.5. The van der Waals surface area contributed by atoms with Gasteiger partial charge in [0.05, 0.1) is 33.4 Å². The first-order valence-corrected chi connectivity index (χ1v) is 45.4. The maximum absolute atomic E-state index is 2.48. The molecule has 4 nitrogen and oxygen atoms in total. The predicted molar refractivity (Wildman–Crippen MR) is 559 cm³/mol. The fourth-order valence-corrected chi connectivity index (χ4v) is 20.0. The number of para-hydroxylation sites is 5. The van der Waals surface area contributed by atoms with Gasteiger partial charge in [-0.3, -0.25) is 0 Å². The number of benzene rings is 22. The zero-order valence-corrected chi connectivity index (χ0v) is 72.4. The average molecular weight is 1680 g/mol. The first-order valence-electron chi connectivity index (χ1n) is 45.4. The zero-order chi connectivity index (χ0) is 87.4. The van der Waals surface area contributed by atoms with Crippen molar-refractivity contribution in [3.8, 4) is 134 Å². The summed E-state index contributed by atoms with van der Waals surface area (Å²) in [6, 6.07) is 192. The van der Waals surface area contributed by atoms with Crippen LogP contribution in [-0.2, 0) is 0 Å². The fraction of sp³-hybridized carbons (Fsp3) is 0. The van der Waals surface area contributed by atoms with Crippen LogP contribution in [0.3, 0.4) is 0 Å². The van der Waals surface area contributed by atoms with E-state index in [1.807, 2.05) is 0 Å². The van der Waals surface area contributed by atoms with E-state index >= 15 is 0 Å². The molecule has 0 fully saturated rings. The second-order valence-corrected chi connectivity index (χ2v) is 34.3. The van der Waals surface area contributed by atoms with Crippen molar-refractivity contribution in [3.05, 3.63) is 522 Å². The van der Waals surface area contributed by atoms with Crippen LogP contribution in [-0.4, -0.2) is 9.13 Å². The van der Waals surface area contributed by atoms with Crippen LogP contribution >= 0.6 is 0 Å². The smallest absolute Gasteiger partial charge is 0.0547 e. The van der Waals surface area contributed by atoms with E-state index in [-0.39, 0.29) is 0 Å². The maximum Gasteiger partial charge on any atom is 0.0547 e. The van der Waals surface area contributed by atoms with E-state index < -0.39 is 0 Å². The zero-order valence-electron chi connectivity index (χ0n) is 72.4. The van der Waals surface area contributed by atoms with Crippen LogP contribution in [0.2, 0.25) is 0 Å². The van der Waals surface area contributed by atoms with E-state index in [2.05, 4.69) is 541 Å². The molecule has 0 aliphatic rings. The number of rotatable bonds is 19. The van der Waals surface area contributed by atoms with E-state index in [1.165, 1.54) is 104 Å². The van der Waals surface area contributed by atoms with Gasteiger partial charge in [0, 0.05) is 66.8 Å². The summed E-state index contributed by atoms with van der Waals surface area (Å²) in [4.78, 5) is 4.78. The molecule has 24 rings (SSSR count). The van der Waals surface area contributed by atoms with Crippen molar-refractivity contribution in [3.63, 3.8) is 0 Å². The van der Waals surface area contributed by atoms with Gasteiger partial charge in [-0.25, -0.2) is 0 Å². The Hall–Kier alpha value is -17.4. The second kappa shape index (κ2) is 33.7. The lowest BCUT2D eigenvalue weighted by Gasteiger charge is -2.26. The first kappa shape index (κ1) is 78.1. The molecule has 618 valence electrons. The number of aromatic nitrogens is 2. The fourth-order valence-electron chi connectivity index (χ4n) is 20.0. The van der Waals surface area contributed by atoms with Crippen molar-refractivity contribution in [1.29, 1.82) is 0 Å². The van der Waals surface area contributed by atoms with Crippen molar-refractivity contribution in [2.45, 2.75) is 0 Å². The number of anilines is 6. The van der Waals surface area contributed by atoms with Gasteiger partial charge in [-0.15, -0.1) is 0 Å². The molecule has 24 aromatic rings. The molecule has 0 aliphatic carbocycles. The minimum absolute atomic E-state index is 1.05. The maximum atomic E-state index is 2.48. The standard InChI is InChI=1S/C128H86N4/c1-3-25-87(26-4-1)96-31-21-34-99(79-96)102-37-24-38-114(85-102)130(112-70-59-90(60-71-112)97-32-22-35-100(80-97)103-52-51-88-27-7-8-30-95(88)82-103)113-76-65-94(66-77-113)118-42-12-17-47-124(118)132-127-50-20-15-45-121(127)122-78-67-108(86-128(122)132)107-56-55-105-83-104(53-54-106(105)84-107)101-36-23-33-98(81-101)89-57-68-109(69-58-89)129(110-72-61-92(62-73-110)116-40-10-9-39-115(116)91-28-5-2-6-29-91)111-74-63-93(64-75-111)117-41-11-16-46-123(117)131-125-48-18-13-43-119(125)120-44-14-19-49-126(120)131/h1-86H. The first-order chi connectivity index (χ1) is 65.4. The summed E-state index contributed by atoms with van der Waals surface area (Å²) < 4.78 is 4.90. The molecular weight excluding hydrogens is 1590 g/mol. The second-order valence-electron chi connectivity index (χ2n) is 34.3. The summed E-state index contributed by atoms with van der Waals surface area (Å²) in [5.74, 6) is 0. The van der Waals surface area contributed by atoms with E-state index in [9.17, 15) is 0 Å². The Morgan fingerprint density at radius 3 is 0.811 bits per heavy atom. The van der Waals surface area contributed by atoms with Crippen LogP contribution in [0.5, 0.6) is 0 Å². The van der Waals surface area contributed by atoms with E-state index in [0.29, 0.717) is 0 Å². The van der Waals surface area contributed by atoms with E-state index in [4.69, 9.17) is 0 Å². The Morgan fingerprint density at radius 1 is 0.121 bits per heavy atom. The molecule has 0 bridgehead atoms. The van der Waals surface area contributed by atoms with Gasteiger partial charge < -0.3 is 18.9 Å². The number of nitrogens with zero attached hydrogens (tertiary/aromatic N) is 4. The van der Waals surface area contributed by atoms with Gasteiger partial charge in [0.15, 0.2) is 0 Å². The highest BCUT2D eigenvalue weighted by Crippen LogP contribution is 2.47. The Labute approximate surface area is 768 Å². The molecule has 2 aromatic heterocycles. The molecule has 4 heteroatoms. The lowest BCUT2D eigenvalue weighted by Crippen LogP contribution is -2.10. The van der Waals surface area contributed by atoms with Crippen LogP contribution in [0.25, 0.3) is 199 Å². The van der Waals surface area contributed by atoms with E-state index in [0.717, 1.165) is 129 Å². The third kappa shape index (κ3) is 14.6. The molecule has 0 spiro atoms. The van der Waals surface area contributed by atoms with Gasteiger partial charge >= 0.3 is 0 Å². The molecule has 0 radical (unpaired) electrons. The Morgan fingerprint density at radius 2 is 0.371 bits per heavy atom. The minimum Gasteiger partial charge on any atom is -0.311 e. The van der Waals surface area contributed by atoms with Crippen molar-refractivity contribution < 1.29 is 0 Å². The van der Waals surface area contributed by atoms with Gasteiger partial charge in [-0.1, -0.05) is 376 Å². The number of fused-ring (bicyclic) bond motifs is 8. The quantitative estimate of drug-likeness (QED) is 0.0802. The molecule has 0 atom stereocenters. The summed E-state index contributed by atoms with van der Waals surface area (Å²) in [6.45, 7) is 0. The van der Waals surface area contributed by atoms with Gasteiger partial charge in [0.1, 0.15) is 0 Å². The third-order valence-corrected chi connectivity index (χ3v) is 26.5. The van der Waals surface area contributed by atoms with Gasteiger partial charge in [0.2, 0.25) is 0 Å². The highest BCUT2D eigenvalue weighted by Gasteiger charge is 2.23. The molecule has 0 aliphatic heterocycles. The topological polar surface area (TPSA) is 16.3 Å². The summed E-state index contributed by atoms with van der Waals surface area (Å²) in [5.41, 5.74) is 39.0. The number of hydrogen-bond donors (Lipinski definition) is 0. The molecule has 22 aromatic carbocycles. The Kier molecular flexibility index (Phi) is 19.9. The lowest BCUT2D eigenvalue weighted by atomic mass is 9.94.